The Morgan fingerprint density at radius 3 is 2.55 bits per heavy atom. The highest BCUT2D eigenvalue weighted by Crippen LogP contribution is 2.37. The minimum absolute atomic E-state index is 0.0640. The van der Waals surface area contributed by atoms with Crippen molar-refractivity contribution >= 4 is 17.3 Å². The maximum Gasteiger partial charge on any atom is 0.432 e. The van der Waals surface area contributed by atoms with E-state index < -0.39 is 18.2 Å². The van der Waals surface area contributed by atoms with Gasteiger partial charge < -0.3 is 4.74 Å². The van der Waals surface area contributed by atoms with Gasteiger partial charge >= 0.3 is 12.1 Å². The molecule has 120 valence electrons. The molecule has 0 bridgehead atoms. The number of hydrogen-bond acceptors (Lipinski definition) is 5. The summed E-state index contributed by atoms with van der Waals surface area (Å²) in [5.74, 6) is -1.08. The molecule has 0 aliphatic carbocycles. The van der Waals surface area contributed by atoms with Gasteiger partial charge in [0.15, 0.2) is 5.69 Å². The fourth-order valence-corrected chi connectivity index (χ4v) is 2.50. The lowest BCUT2D eigenvalue weighted by Crippen LogP contribution is -2.26. The molecule has 0 saturated heterocycles. The Hall–Kier alpha value is -1.90. The van der Waals surface area contributed by atoms with Gasteiger partial charge in [-0.3, -0.25) is 5.10 Å². The second kappa shape index (κ2) is 6.07. The van der Waals surface area contributed by atoms with E-state index in [1.807, 2.05) is 13.8 Å². The van der Waals surface area contributed by atoms with Gasteiger partial charge in [-0.25, -0.2) is 9.78 Å². The van der Waals surface area contributed by atoms with E-state index in [-0.39, 0.29) is 16.6 Å². The van der Waals surface area contributed by atoms with E-state index in [9.17, 15) is 18.0 Å². The normalized spacial score (nSPS) is 13.4. The van der Waals surface area contributed by atoms with Crippen LogP contribution in [0.15, 0.2) is 11.4 Å². The van der Waals surface area contributed by atoms with Crippen LogP contribution in [-0.2, 0) is 4.74 Å². The van der Waals surface area contributed by atoms with Gasteiger partial charge in [-0.2, -0.15) is 18.3 Å². The number of aromatic nitrogens is 3. The minimum atomic E-state index is -4.74. The number of hydrogen-bond donors (Lipinski definition) is 1. The Morgan fingerprint density at radius 2 is 2.09 bits per heavy atom. The third-order valence-electron chi connectivity index (χ3n) is 2.81. The van der Waals surface area contributed by atoms with Crippen molar-refractivity contribution in [3.05, 3.63) is 33.5 Å². The molecule has 2 rings (SSSR count). The molecule has 1 atom stereocenters. The van der Waals surface area contributed by atoms with Gasteiger partial charge in [0, 0.05) is 16.8 Å². The molecule has 9 heteroatoms. The number of esters is 1. The molecule has 0 aliphatic heterocycles. The van der Waals surface area contributed by atoms with Crippen LogP contribution in [0.2, 0.25) is 0 Å². The van der Waals surface area contributed by atoms with Crippen LogP contribution in [0.1, 0.15) is 52.8 Å². The summed E-state index contributed by atoms with van der Waals surface area (Å²) >= 11 is 0.795. The van der Waals surface area contributed by atoms with Crippen molar-refractivity contribution in [3.8, 4) is 0 Å². The van der Waals surface area contributed by atoms with E-state index >= 15 is 0 Å². The molecule has 0 amide bonds. The van der Waals surface area contributed by atoms with Crippen molar-refractivity contribution < 1.29 is 22.7 Å². The highest BCUT2D eigenvalue weighted by atomic mass is 32.1. The number of alkyl halides is 3. The fourth-order valence-electron chi connectivity index (χ4n) is 1.65. The molecule has 0 unspecified atom stereocenters. The van der Waals surface area contributed by atoms with Crippen molar-refractivity contribution in [2.75, 3.05) is 0 Å². The highest BCUT2D eigenvalue weighted by Gasteiger charge is 2.46. The molecule has 5 nitrogen and oxygen atoms in total. The predicted molar refractivity (Wildman–Crippen MR) is 73.7 cm³/mol. The van der Waals surface area contributed by atoms with Crippen LogP contribution in [0.5, 0.6) is 0 Å². The zero-order valence-electron chi connectivity index (χ0n) is 12.1. The zero-order valence-corrected chi connectivity index (χ0v) is 12.9. The van der Waals surface area contributed by atoms with E-state index in [0.29, 0.717) is 11.4 Å². The Balaban J connectivity index is 2.21. The number of H-pyrrole nitrogens is 1. The molecule has 0 aromatic carbocycles. The predicted octanol–water partition coefficient (Wildman–Crippen LogP) is 3.76. The lowest BCUT2D eigenvalue weighted by atomic mass is 10.1. The number of nitrogens with zero attached hydrogens (tertiary/aromatic N) is 2. The number of ether oxygens (including phenoxy) is 1. The first-order valence-electron chi connectivity index (χ1n) is 6.43. The summed E-state index contributed by atoms with van der Waals surface area (Å²) < 4.78 is 43.9. The van der Waals surface area contributed by atoms with E-state index in [1.165, 1.54) is 11.4 Å². The van der Waals surface area contributed by atoms with Crippen LogP contribution in [-0.4, -0.2) is 27.3 Å². The van der Waals surface area contributed by atoms with Gasteiger partial charge in [-0.05, 0) is 18.9 Å². The first-order valence-corrected chi connectivity index (χ1v) is 7.31. The molecule has 0 spiro atoms. The zero-order chi connectivity index (χ0) is 16.5. The van der Waals surface area contributed by atoms with Crippen molar-refractivity contribution in [1.29, 1.82) is 0 Å². The Bertz CT molecular complexity index is 664. The molecule has 2 aromatic rings. The van der Waals surface area contributed by atoms with Crippen LogP contribution >= 0.6 is 11.3 Å². The maximum atomic E-state index is 13.1. The number of aryl methyl sites for hydroxylation is 1. The molecular weight excluding hydrogens is 319 g/mol. The number of rotatable bonds is 4. The smallest absolute Gasteiger partial charge is 0.432 e. The molecule has 0 aliphatic rings. The molecule has 2 aromatic heterocycles. The summed E-state index contributed by atoms with van der Waals surface area (Å²) in [6, 6.07) is 1.38. The minimum Gasteiger partial charge on any atom is -0.440 e. The number of carbonyl (C=O) groups excluding carboxylic acids is 1. The average Bonchev–Trinajstić information content (AvgIpc) is 3.02. The van der Waals surface area contributed by atoms with Crippen LogP contribution in [0.3, 0.4) is 0 Å². The quantitative estimate of drug-likeness (QED) is 0.865. The summed E-state index contributed by atoms with van der Waals surface area (Å²) in [5, 5.41) is 7.44. The molecule has 0 radical (unpaired) electrons. The maximum absolute atomic E-state index is 13.1. The van der Waals surface area contributed by atoms with Gasteiger partial charge in [0.1, 0.15) is 5.01 Å². The van der Waals surface area contributed by atoms with E-state index in [1.54, 1.807) is 6.92 Å². The van der Waals surface area contributed by atoms with Crippen LogP contribution in [0.25, 0.3) is 0 Å². The van der Waals surface area contributed by atoms with E-state index in [0.717, 1.165) is 11.3 Å². The number of carbonyl (C=O) groups is 1. The molecular formula is C13H14F3N3O2S. The Kier molecular flexibility index (Phi) is 4.55. The SMILES string of the molecule is Cc1csc([C@@H](OC(=O)c2cc(C(C)C)[nH]n2)C(F)(F)F)n1. The third kappa shape index (κ3) is 3.65. The van der Waals surface area contributed by atoms with Gasteiger partial charge in [-0.1, -0.05) is 13.8 Å². The van der Waals surface area contributed by atoms with E-state index in [4.69, 9.17) is 0 Å². The molecule has 0 saturated carbocycles. The number of nitrogens with one attached hydrogen (secondary N) is 1. The molecule has 1 N–H and O–H groups in total. The highest BCUT2D eigenvalue weighted by molar-refractivity contribution is 7.09. The summed E-state index contributed by atoms with van der Waals surface area (Å²) in [4.78, 5) is 15.6. The second-order valence-corrected chi connectivity index (χ2v) is 5.91. The first-order chi connectivity index (χ1) is 10.2. The summed E-state index contributed by atoms with van der Waals surface area (Å²) in [7, 11) is 0. The second-order valence-electron chi connectivity index (χ2n) is 5.02. The van der Waals surface area contributed by atoms with Gasteiger partial charge in [-0.15, -0.1) is 11.3 Å². The van der Waals surface area contributed by atoms with Crippen LogP contribution in [0.4, 0.5) is 13.2 Å². The summed E-state index contributed by atoms with van der Waals surface area (Å²) in [5.41, 5.74) is 0.888. The van der Waals surface area contributed by atoms with E-state index in [2.05, 4.69) is 19.9 Å². The summed E-state index contributed by atoms with van der Waals surface area (Å²) in [6.07, 6.45) is -7.13. The lowest BCUT2D eigenvalue weighted by molar-refractivity contribution is -0.207. The summed E-state index contributed by atoms with van der Waals surface area (Å²) in [6.45, 7) is 5.29. The number of halogens is 3. The first kappa shape index (κ1) is 16.5. The van der Waals surface area contributed by atoms with Gasteiger partial charge in [0.25, 0.3) is 0 Å². The van der Waals surface area contributed by atoms with Crippen molar-refractivity contribution in [2.24, 2.45) is 0 Å². The fraction of sp³-hybridized carbons (Fsp3) is 0.462. The Labute approximate surface area is 128 Å². The average molecular weight is 333 g/mol. The van der Waals surface area contributed by atoms with Crippen LogP contribution in [0, 0.1) is 6.92 Å². The van der Waals surface area contributed by atoms with Crippen molar-refractivity contribution in [3.63, 3.8) is 0 Å². The molecule has 22 heavy (non-hydrogen) atoms. The number of thiazole rings is 1. The molecule has 0 fully saturated rings. The monoisotopic (exact) mass is 333 g/mol. The topological polar surface area (TPSA) is 67.9 Å². The Morgan fingerprint density at radius 1 is 1.41 bits per heavy atom. The van der Waals surface area contributed by atoms with Gasteiger partial charge in [0.2, 0.25) is 6.10 Å². The van der Waals surface area contributed by atoms with Crippen LogP contribution < -0.4 is 0 Å². The standard InChI is InChI=1S/C13H14F3N3O2S/c1-6(2)8-4-9(19-18-8)12(20)21-10(13(14,15)16)11-17-7(3)5-22-11/h4-6,10H,1-3H3,(H,18,19)/t10-/m1/s1. The largest absolute Gasteiger partial charge is 0.440 e. The lowest BCUT2D eigenvalue weighted by Gasteiger charge is -2.17. The van der Waals surface area contributed by atoms with Crippen molar-refractivity contribution in [1.82, 2.24) is 15.2 Å². The molecule has 2 heterocycles. The number of aromatic amines is 1. The van der Waals surface area contributed by atoms with Crippen molar-refractivity contribution in [2.45, 2.75) is 39.0 Å². The third-order valence-corrected chi connectivity index (χ3v) is 3.82. The van der Waals surface area contributed by atoms with Gasteiger partial charge in [0.05, 0.1) is 0 Å².